The first-order valence-corrected chi connectivity index (χ1v) is 6.55. The van der Waals surface area contributed by atoms with Crippen LogP contribution in [0.1, 0.15) is 22.5 Å². The highest BCUT2D eigenvalue weighted by Gasteiger charge is 2.23. The Kier molecular flexibility index (Phi) is 2.75. The third kappa shape index (κ3) is 2.21. The van der Waals surface area contributed by atoms with Crippen LogP contribution in [-0.2, 0) is 0 Å². The maximum atomic E-state index is 12.2. The van der Waals surface area contributed by atoms with Crippen LogP contribution < -0.4 is 10.2 Å². The molecule has 7 heteroatoms. The van der Waals surface area contributed by atoms with Gasteiger partial charge in [-0.1, -0.05) is 11.3 Å². The molecule has 0 unspecified atom stereocenters. The molecule has 1 fully saturated rings. The molecule has 6 nitrogen and oxygen atoms in total. The largest absolute Gasteiger partial charge is 0.359 e. The molecular formula is C11H13N5OS. The van der Waals surface area contributed by atoms with Gasteiger partial charge < -0.3 is 10.2 Å². The van der Waals surface area contributed by atoms with Crippen LogP contribution in [0.2, 0.25) is 0 Å². The molecule has 2 N–H and O–H groups in total. The number of hydrogen-bond acceptors (Lipinski definition) is 5. The van der Waals surface area contributed by atoms with Crippen molar-refractivity contribution in [3.8, 4) is 0 Å². The normalized spacial score (nSPS) is 14.5. The number of rotatable bonds is 4. The van der Waals surface area contributed by atoms with E-state index in [-0.39, 0.29) is 5.91 Å². The molecule has 2 heterocycles. The van der Waals surface area contributed by atoms with Crippen molar-refractivity contribution in [3.05, 3.63) is 23.5 Å². The molecule has 0 saturated heterocycles. The highest BCUT2D eigenvalue weighted by Crippen LogP contribution is 2.28. The van der Waals surface area contributed by atoms with E-state index in [1.807, 2.05) is 0 Å². The minimum atomic E-state index is -0.0715. The number of amides is 1. The summed E-state index contributed by atoms with van der Waals surface area (Å²) in [6, 6.07) is 0.547. The monoisotopic (exact) mass is 263 g/mol. The van der Waals surface area contributed by atoms with Crippen LogP contribution in [0.15, 0.2) is 18.6 Å². The number of H-pyrrole nitrogens is 1. The summed E-state index contributed by atoms with van der Waals surface area (Å²) in [4.78, 5) is 18.6. The van der Waals surface area contributed by atoms with E-state index in [0.29, 0.717) is 10.9 Å². The minimum Gasteiger partial charge on any atom is -0.359 e. The first kappa shape index (κ1) is 11.2. The molecule has 0 spiro atoms. The van der Waals surface area contributed by atoms with Crippen molar-refractivity contribution < 1.29 is 4.79 Å². The topological polar surface area (TPSA) is 73.9 Å². The summed E-state index contributed by atoms with van der Waals surface area (Å²) in [5, 5.41) is 10.6. The zero-order chi connectivity index (χ0) is 12.5. The second kappa shape index (κ2) is 4.41. The van der Waals surface area contributed by atoms with Crippen molar-refractivity contribution in [2.24, 2.45) is 0 Å². The lowest BCUT2D eigenvalue weighted by atomic mass is 10.4. The average molecular weight is 263 g/mol. The summed E-state index contributed by atoms with van der Waals surface area (Å²) in [6.07, 6.45) is 7.30. The first-order valence-electron chi connectivity index (χ1n) is 5.73. The third-order valence-electron chi connectivity index (χ3n) is 2.80. The van der Waals surface area contributed by atoms with Gasteiger partial charge in [0.25, 0.3) is 5.91 Å². The van der Waals surface area contributed by atoms with E-state index < -0.39 is 0 Å². The van der Waals surface area contributed by atoms with E-state index in [9.17, 15) is 4.79 Å². The van der Waals surface area contributed by atoms with Crippen molar-refractivity contribution in [1.82, 2.24) is 15.2 Å². The SMILES string of the molecule is CN(C(=O)c1cnc(NC2CC2)s1)c1cn[nH]c1. The molecule has 18 heavy (non-hydrogen) atoms. The van der Waals surface area contributed by atoms with Crippen LogP contribution in [0.5, 0.6) is 0 Å². The Morgan fingerprint density at radius 3 is 3.06 bits per heavy atom. The zero-order valence-corrected chi connectivity index (χ0v) is 10.7. The molecule has 2 aromatic rings. The van der Waals surface area contributed by atoms with E-state index in [4.69, 9.17) is 0 Å². The molecule has 0 radical (unpaired) electrons. The van der Waals surface area contributed by atoms with Crippen molar-refractivity contribution in [1.29, 1.82) is 0 Å². The first-order chi connectivity index (χ1) is 8.74. The Morgan fingerprint density at radius 1 is 1.56 bits per heavy atom. The van der Waals surface area contributed by atoms with E-state index >= 15 is 0 Å². The molecule has 0 bridgehead atoms. The lowest BCUT2D eigenvalue weighted by Crippen LogP contribution is -2.24. The number of aromatic amines is 1. The lowest BCUT2D eigenvalue weighted by molar-refractivity contribution is 0.0996. The third-order valence-corrected chi connectivity index (χ3v) is 3.71. The zero-order valence-electron chi connectivity index (χ0n) is 9.88. The fourth-order valence-corrected chi connectivity index (χ4v) is 2.42. The van der Waals surface area contributed by atoms with Crippen LogP contribution in [0.4, 0.5) is 10.8 Å². The summed E-state index contributed by atoms with van der Waals surface area (Å²) in [5.41, 5.74) is 0.741. The van der Waals surface area contributed by atoms with E-state index in [0.717, 1.165) is 10.8 Å². The quantitative estimate of drug-likeness (QED) is 0.880. The number of nitrogens with zero attached hydrogens (tertiary/aromatic N) is 3. The van der Waals surface area contributed by atoms with Gasteiger partial charge in [0, 0.05) is 19.3 Å². The van der Waals surface area contributed by atoms with Crippen LogP contribution >= 0.6 is 11.3 Å². The Bertz CT molecular complexity index is 546. The van der Waals surface area contributed by atoms with Crippen molar-refractivity contribution in [2.45, 2.75) is 18.9 Å². The summed E-state index contributed by atoms with van der Waals surface area (Å²) < 4.78 is 0. The fourth-order valence-electron chi connectivity index (χ4n) is 1.55. The van der Waals surface area contributed by atoms with Crippen LogP contribution in [0.3, 0.4) is 0 Å². The molecule has 2 aromatic heterocycles. The molecule has 1 aliphatic carbocycles. The van der Waals surface area contributed by atoms with Gasteiger partial charge >= 0.3 is 0 Å². The van der Waals surface area contributed by atoms with Crippen molar-refractivity contribution in [3.63, 3.8) is 0 Å². The Labute approximate surface area is 108 Å². The number of aromatic nitrogens is 3. The number of anilines is 2. The lowest BCUT2D eigenvalue weighted by Gasteiger charge is -2.12. The number of carbonyl (C=O) groups excluding carboxylic acids is 1. The Balaban J connectivity index is 1.73. The molecule has 1 amide bonds. The summed E-state index contributed by atoms with van der Waals surface area (Å²) >= 11 is 1.39. The molecule has 0 atom stereocenters. The second-order valence-electron chi connectivity index (χ2n) is 4.27. The van der Waals surface area contributed by atoms with Crippen LogP contribution in [0, 0.1) is 0 Å². The smallest absolute Gasteiger partial charge is 0.269 e. The van der Waals surface area contributed by atoms with Gasteiger partial charge in [-0.2, -0.15) is 5.10 Å². The minimum absolute atomic E-state index is 0.0715. The van der Waals surface area contributed by atoms with Gasteiger partial charge in [0.2, 0.25) is 0 Å². The molecule has 0 aromatic carbocycles. The van der Waals surface area contributed by atoms with Gasteiger partial charge in [0.15, 0.2) is 5.13 Å². The van der Waals surface area contributed by atoms with Gasteiger partial charge in [-0.05, 0) is 12.8 Å². The molecule has 1 aliphatic rings. The fraction of sp³-hybridized carbons (Fsp3) is 0.364. The van der Waals surface area contributed by atoms with Gasteiger partial charge in [-0.15, -0.1) is 0 Å². The highest BCUT2D eigenvalue weighted by atomic mass is 32.1. The Hall–Kier alpha value is -1.89. The highest BCUT2D eigenvalue weighted by molar-refractivity contribution is 7.17. The van der Waals surface area contributed by atoms with E-state index in [1.165, 1.54) is 24.2 Å². The van der Waals surface area contributed by atoms with Gasteiger partial charge in [-0.3, -0.25) is 9.89 Å². The second-order valence-corrected chi connectivity index (χ2v) is 5.30. The van der Waals surface area contributed by atoms with Gasteiger partial charge in [0.1, 0.15) is 4.88 Å². The van der Waals surface area contributed by atoms with Crippen LogP contribution in [0.25, 0.3) is 0 Å². The molecule has 3 rings (SSSR count). The van der Waals surface area contributed by atoms with Crippen molar-refractivity contribution >= 4 is 28.1 Å². The maximum Gasteiger partial charge on any atom is 0.269 e. The molecular weight excluding hydrogens is 250 g/mol. The number of thiazole rings is 1. The summed E-state index contributed by atoms with van der Waals surface area (Å²) in [5.74, 6) is -0.0715. The molecule has 94 valence electrons. The summed E-state index contributed by atoms with van der Waals surface area (Å²) in [7, 11) is 1.72. The number of hydrogen-bond donors (Lipinski definition) is 2. The van der Waals surface area contributed by atoms with Crippen LogP contribution in [-0.4, -0.2) is 34.2 Å². The predicted octanol–water partition coefficient (Wildman–Crippen LogP) is 1.72. The van der Waals surface area contributed by atoms with E-state index in [2.05, 4.69) is 20.5 Å². The standard InChI is InChI=1S/C11H13N5OS/c1-16(8-4-13-14-5-8)10(17)9-6-12-11(18-9)15-7-2-3-7/h4-7H,2-3H2,1H3,(H,12,15)(H,13,14). The predicted molar refractivity (Wildman–Crippen MR) is 70.1 cm³/mol. The van der Waals surface area contributed by atoms with E-state index in [1.54, 1.807) is 30.5 Å². The molecule has 1 saturated carbocycles. The van der Waals surface area contributed by atoms with Gasteiger partial charge in [0.05, 0.1) is 18.1 Å². The number of carbonyl (C=O) groups is 1. The Morgan fingerprint density at radius 2 is 2.39 bits per heavy atom. The summed E-state index contributed by atoms with van der Waals surface area (Å²) in [6.45, 7) is 0. The van der Waals surface area contributed by atoms with Gasteiger partial charge in [-0.25, -0.2) is 4.98 Å². The maximum absolute atomic E-state index is 12.2. The van der Waals surface area contributed by atoms with Crippen molar-refractivity contribution in [2.75, 3.05) is 17.3 Å². The average Bonchev–Trinajstić information content (AvgIpc) is 2.85. The number of nitrogens with one attached hydrogen (secondary N) is 2. The molecule has 0 aliphatic heterocycles.